The van der Waals surface area contributed by atoms with Gasteiger partial charge in [-0.05, 0) is 38.3 Å². The van der Waals surface area contributed by atoms with Crippen molar-refractivity contribution in [3.8, 4) is 0 Å². The van der Waals surface area contributed by atoms with Crippen LogP contribution in [0.3, 0.4) is 0 Å². The molecule has 130 valence electrons. The van der Waals surface area contributed by atoms with Gasteiger partial charge in [-0.3, -0.25) is 9.59 Å². The molecule has 0 aliphatic rings. The molecule has 0 aliphatic heterocycles. The van der Waals surface area contributed by atoms with E-state index in [2.05, 4.69) is 28.6 Å². The van der Waals surface area contributed by atoms with Gasteiger partial charge < -0.3 is 15.6 Å². The van der Waals surface area contributed by atoms with Gasteiger partial charge >= 0.3 is 0 Å². The summed E-state index contributed by atoms with van der Waals surface area (Å²) in [5.41, 5.74) is 1.19. The zero-order valence-corrected chi connectivity index (χ0v) is 14.7. The Balaban J connectivity index is 1.86. The van der Waals surface area contributed by atoms with Gasteiger partial charge in [-0.15, -0.1) is 0 Å². The normalized spacial score (nSPS) is 11.5. The molecule has 24 heavy (non-hydrogen) atoms. The molecule has 2 rings (SSSR count). The maximum atomic E-state index is 12.4. The van der Waals surface area contributed by atoms with Crippen molar-refractivity contribution in [2.75, 3.05) is 13.1 Å². The number of para-hydroxylation sites is 1. The highest BCUT2D eigenvalue weighted by Gasteiger charge is 2.35. The first-order valence-electron chi connectivity index (χ1n) is 8.58. The molecular weight excluding hydrogens is 302 g/mol. The summed E-state index contributed by atoms with van der Waals surface area (Å²) in [6, 6.07) is 8.08. The SMILES string of the molecule is CCCCNC(=O)C(C)(C)C(=O)NCCc1c[nH]c2ccccc12. The van der Waals surface area contributed by atoms with Crippen LogP contribution in [0.5, 0.6) is 0 Å². The first kappa shape index (κ1) is 18.0. The molecule has 2 aromatic rings. The van der Waals surface area contributed by atoms with Gasteiger partial charge in [-0.25, -0.2) is 0 Å². The van der Waals surface area contributed by atoms with Gasteiger partial charge in [0.1, 0.15) is 5.41 Å². The molecule has 2 amide bonds. The lowest BCUT2D eigenvalue weighted by molar-refractivity contribution is -0.141. The van der Waals surface area contributed by atoms with E-state index < -0.39 is 5.41 Å². The molecule has 0 bridgehead atoms. The minimum absolute atomic E-state index is 0.222. The Kier molecular flexibility index (Phi) is 6.01. The fourth-order valence-electron chi connectivity index (χ4n) is 2.57. The van der Waals surface area contributed by atoms with Crippen LogP contribution >= 0.6 is 0 Å². The topological polar surface area (TPSA) is 74.0 Å². The number of benzene rings is 1. The highest BCUT2D eigenvalue weighted by Crippen LogP contribution is 2.18. The molecule has 0 saturated carbocycles. The maximum absolute atomic E-state index is 12.4. The first-order valence-corrected chi connectivity index (χ1v) is 8.58. The van der Waals surface area contributed by atoms with Gasteiger partial charge in [0.2, 0.25) is 11.8 Å². The average Bonchev–Trinajstić information content (AvgIpc) is 2.98. The lowest BCUT2D eigenvalue weighted by Gasteiger charge is -2.22. The van der Waals surface area contributed by atoms with Crippen molar-refractivity contribution in [1.29, 1.82) is 0 Å². The van der Waals surface area contributed by atoms with Crippen LogP contribution in [0.2, 0.25) is 0 Å². The van der Waals surface area contributed by atoms with Crippen molar-refractivity contribution in [3.05, 3.63) is 36.0 Å². The number of aromatic nitrogens is 1. The van der Waals surface area contributed by atoms with Crippen LogP contribution in [0.25, 0.3) is 10.9 Å². The van der Waals surface area contributed by atoms with Gasteiger partial charge in [0.15, 0.2) is 0 Å². The van der Waals surface area contributed by atoms with Gasteiger partial charge in [0, 0.05) is 30.2 Å². The summed E-state index contributed by atoms with van der Waals surface area (Å²) in [6.07, 6.45) is 4.63. The minimum Gasteiger partial charge on any atom is -0.361 e. The molecule has 0 fully saturated rings. The summed E-state index contributed by atoms with van der Waals surface area (Å²) in [5, 5.41) is 6.88. The monoisotopic (exact) mass is 329 g/mol. The molecule has 0 spiro atoms. The number of aromatic amines is 1. The lowest BCUT2D eigenvalue weighted by atomic mass is 9.91. The number of carbonyl (C=O) groups is 2. The van der Waals surface area contributed by atoms with Crippen LogP contribution in [-0.2, 0) is 16.0 Å². The minimum atomic E-state index is -1.06. The third-order valence-electron chi connectivity index (χ3n) is 4.31. The van der Waals surface area contributed by atoms with E-state index in [4.69, 9.17) is 0 Å². The quantitative estimate of drug-likeness (QED) is 0.514. The molecule has 1 aromatic heterocycles. The van der Waals surface area contributed by atoms with E-state index in [0.29, 0.717) is 13.1 Å². The molecule has 1 aromatic carbocycles. The van der Waals surface area contributed by atoms with E-state index in [0.717, 1.165) is 30.3 Å². The highest BCUT2D eigenvalue weighted by molar-refractivity contribution is 6.04. The summed E-state index contributed by atoms with van der Waals surface area (Å²) < 4.78 is 0. The van der Waals surface area contributed by atoms with Gasteiger partial charge in [-0.1, -0.05) is 31.5 Å². The Labute approximate surface area is 143 Å². The van der Waals surface area contributed by atoms with E-state index in [1.54, 1.807) is 13.8 Å². The summed E-state index contributed by atoms with van der Waals surface area (Å²) >= 11 is 0. The Morgan fingerprint density at radius 2 is 1.75 bits per heavy atom. The highest BCUT2D eigenvalue weighted by atomic mass is 16.2. The zero-order valence-electron chi connectivity index (χ0n) is 14.7. The molecule has 0 unspecified atom stereocenters. The number of nitrogens with one attached hydrogen (secondary N) is 3. The average molecular weight is 329 g/mol. The van der Waals surface area contributed by atoms with Gasteiger partial charge in [0.25, 0.3) is 0 Å². The maximum Gasteiger partial charge on any atom is 0.235 e. The number of rotatable bonds is 8. The number of fused-ring (bicyclic) bond motifs is 1. The summed E-state index contributed by atoms with van der Waals surface area (Å²) in [5.74, 6) is -0.461. The van der Waals surface area contributed by atoms with Crippen LogP contribution in [0, 0.1) is 5.41 Å². The van der Waals surface area contributed by atoms with E-state index in [9.17, 15) is 9.59 Å². The molecular formula is C19H27N3O2. The second kappa shape index (κ2) is 7.99. The lowest BCUT2D eigenvalue weighted by Crippen LogP contribution is -2.48. The molecule has 0 saturated heterocycles. The molecule has 0 radical (unpaired) electrons. The molecule has 3 N–H and O–H groups in total. The van der Waals surface area contributed by atoms with E-state index in [1.807, 2.05) is 24.4 Å². The van der Waals surface area contributed by atoms with Crippen molar-refractivity contribution in [2.45, 2.75) is 40.0 Å². The summed E-state index contributed by atoms with van der Waals surface area (Å²) in [7, 11) is 0. The Morgan fingerprint density at radius 1 is 1.08 bits per heavy atom. The van der Waals surface area contributed by atoms with E-state index in [-0.39, 0.29) is 11.8 Å². The number of H-pyrrole nitrogens is 1. The largest absolute Gasteiger partial charge is 0.361 e. The number of hydrogen-bond donors (Lipinski definition) is 3. The van der Waals surface area contributed by atoms with Crippen molar-refractivity contribution >= 4 is 22.7 Å². The molecule has 0 aliphatic carbocycles. The second-order valence-electron chi connectivity index (χ2n) is 6.60. The van der Waals surface area contributed by atoms with Crippen LogP contribution in [0.4, 0.5) is 0 Å². The van der Waals surface area contributed by atoms with Crippen molar-refractivity contribution in [1.82, 2.24) is 15.6 Å². The van der Waals surface area contributed by atoms with Gasteiger partial charge in [0.05, 0.1) is 0 Å². The van der Waals surface area contributed by atoms with Crippen molar-refractivity contribution in [3.63, 3.8) is 0 Å². The fourth-order valence-corrected chi connectivity index (χ4v) is 2.57. The predicted octanol–water partition coefficient (Wildman–Crippen LogP) is 2.77. The third kappa shape index (κ3) is 4.16. The smallest absolute Gasteiger partial charge is 0.235 e. The Morgan fingerprint density at radius 3 is 2.46 bits per heavy atom. The standard InChI is InChI=1S/C19H27N3O2/c1-4-5-11-20-17(23)19(2,3)18(24)21-12-10-14-13-22-16-9-7-6-8-15(14)16/h6-9,13,22H,4-5,10-12H2,1-3H3,(H,20,23)(H,21,24). The van der Waals surface area contributed by atoms with Crippen molar-refractivity contribution < 1.29 is 9.59 Å². The Hall–Kier alpha value is -2.30. The number of hydrogen-bond acceptors (Lipinski definition) is 2. The summed E-state index contributed by atoms with van der Waals surface area (Å²) in [6.45, 7) is 6.51. The van der Waals surface area contributed by atoms with Crippen molar-refractivity contribution in [2.24, 2.45) is 5.41 Å². The molecule has 5 heteroatoms. The Bertz CT molecular complexity index is 703. The van der Waals surface area contributed by atoms with Crippen LogP contribution in [0.1, 0.15) is 39.2 Å². The first-order chi connectivity index (χ1) is 11.5. The van der Waals surface area contributed by atoms with Gasteiger partial charge in [-0.2, -0.15) is 0 Å². The number of amides is 2. The zero-order chi connectivity index (χ0) is 17.6. The van der Waals surface area contributed by atoms with Crippen LogP contribution < -0.4 is 10.6 Å². The fraction of sp³-hybridized carbons (Fsp3) is 0.474. The second-order valence-corrected chi connectivity index (χ2v) is 6.60. The third-order valence-corrected chi connectivity index (χ3v) is 4.31. The van der Waals surface area contributed by atoms with Crippen LogP contribution in [-0.4, -0.2) is 29.9 Å². The van der Waals surface area contributed by atoms with E-state index in [1.165, 1.54) is 5.39 Å². The predicted molar refractivity (Wildman–Crippen MR) is 96.7 cm³/mol. The van der Waals surface area contributed by atoms with Crippen LogP contribution in [0.15, 0.2) is 30.5 Å². The molecule has 5 nitrogen and oxygen atoms in total. The molecule has 0 atom stereocenters. The number of carbonyl (C=O) groups excluding carboxylic acids is 2. The molecule has 1 heterocycles. The number of unbranched alkanes of at least 4 members (excludes halogenated alkanes) is 1. The van der Waals surface area contributed by atoms with E-state index >= 15 is 0 Å². The summed E-state index contributed by atoms with van der Waals surface area (Å²) in [4.78, 5) is 27.7.